The van der Waals surface area contributed by atoms with Crippen molar-refractivity contribution < 1.29 is 43.0 Å². The molecule has 0 spiro atoms. The molecule has 294 valence electrons. The Morgan fingerprint density at radius 1 is 0.446 bits per heavy atom. The van der Waals surface area contributed by atoms with Gasteiger partial charge in [-0.3, -0.25) is 0 Å². The minimum absolute atomic E-state index is 0.0610. The number of aliphatic hydroxyl groups excluding tert-OH is 1. The van der Waals surface area contributed by atoms with Crippen molar-refractivity contribution in [2.75, 3.05) is 6.61 Å². The molecule has 9 heteroatoms. The van der Waals surface area contributed by atoms with Gasteiger partial charge >= 0.3 is 0 Å². The molecule has 1 N–H and O–H groups in total. The van der Waals surface area contributed by atoms with Gasteiger partial charge in [-0.15, -0.1) is 0 Å². The molecule has 0 radical (unpaired) electrons. The van der Waals surface area contributed by atoms with Crippen LogP contribution in [0.2, 0.25) is 0 Å². The van der Waals surface area contributed by atoms with Crippen molar-refractivity contribution in [3.8, 4) is 0 Å². The maximum absolute atomic E-state index is 11.6. The minimum atomic E-state index is -1.31. The standard InChI is InChI=1S/C47H52O9/c1-34-43(51-29-36-19-9-3-10-20-36)40(49-28-35-17-7-2-8-18-35)27-42(55-34)50-33-41-44(52-30-37-21-11-4-12-22-37)45(53-31-38-23-13-5-14-24-38)46(47(48)56-41)54-32-39-25-15-6-16-26-39/h2-26,34,40-48H,27-33H2,1H3/t34-,40-,41-,42-,43-,44-,45+,46-,47+/m1/s1. The monoisotopic (exact) mass is 760 g/mol. The Kier molecular flexibility index (Phi) is 14.8. The van der Waals surface area contributed by atoms with E-state index in [4.69, 9.17) is 37.9 Å². The molecule has 0 bridgehead atoms. The van der Waals surface area contributed by atoms with Crippen LogP contribution >= 0.6 is 0 Å². The molecule has 0 aromatic heterocycles. The van der Waals surface area contributed by atoms with Crippen LogP contribution in [0.3, 0.4) is 0 Å². The van der Waals surface area contributed by atoms with Crippen LogP contribution in [0.25, 0.3) is 0 Å². The van der Waals surface area contributed by atoms with E-state index in [2.05, 4.69) is 0 Å². The summed E-state index contributed by atoms with van der Waals surface area (Å²) < 4.78 is 52.0. The Bertz CT molecular complexity index is 1820. The maximum atomic E-state index is 11.6. The van der Waals surface area contributed by atoms with Crippen molar-refractivity contribution in [2.45, 2.75) is 102 Å². The Morgan fingerprint density at radius 2 is 0.821 bits per heavy atom. The predicted molar refractivity (Wildman–Crippen MR) is 211 cm³/mol. The molecule has 2 heterocycles. The summed E-state index contributed by atoms with van der Waals surface area (Å²) >= 11 is 0. The highest BCUT2D eigenvalue weighted by Gasteiger charge is 2.49. The van der Waals surface area contributed by atoms with E-state index in [0.29, 0.717) is 26.2 Å². The quantitative estimate of drug-likeness (QED) is 0.0962. The number of hydrogen-bond acceptors (Lipinski definition) is 9. The molecule has 5 aromatic carbocycles. The van der Waals surface area contributed by atoms with Crippen LogP contribution in [0, 0.1) is 0 Å². The lowest BCUT2D eigenvalue weighted by molar-refractivity contribution is -0.328. The van der Waals surface area contributed by atoms with Gasteiger partial charge in [-0.05, 0) is 34.7 Å². The minimum Gasteiger partial charge on any atom is -0.371 e. The van der Waals surface area contributed by atoms with Crippen molar-refractivity contribution in [1.29, 1.82) is 0 Å². The van der Waals surface area contributed by atoms with Crippen LogP contribution in [-0.4, -0.2) is 67.0 Å². The Hall–Kier alpha value is -4.26. The van der Waals surface area contributed by atoms with Crippen molar-refractivity contribution in [2.24, 2.45) is 0 Å². The topological polar surface area (TPSA) is 94.1 Å². The summed E-state index contributed by atoms with van der Waals surface area (Å²) in [7, 11) is 0. The molecule has 0 saturated carbocycles. The molecule has 2 fully saturated rings. The van der Waals surface area contributed by atoms with Gasteiger partial charge in [0.15, 0.2) is 12.6 Å². The van der Waals surface area contributed by atoms with Gasteiger partial charge in [-0.2, -0.15) is 0 Å². The summed E-state index contributed by atoms with van der Waals surface area (Å²) in [4.78, 5) is 0. The van der Waals surface area contributed by atoms with Crippen molar-refractivity contribution in [1.82, 2.24) is 0 Å². The molecule has 56 heavy (non-hydrogen) atoms. The SMILES string of the molecule is C[C@H]1O[C@@H](OC[C@H]2O[C@H](O)[C@H](OCc3ccccc3)[C@@H](OCc3ccccc3)[C@@H]2OCc2ccccc2)C[C@@H](OCc2ccccc2)[C@@H]1OCc1ccccc1. The van der Waals surface area contributed by atoms with E-state index < -0.39 is 37.0 Å². The molecular formula is C47H52O9. The van der Waals surface area contributed by atoms with Gasteiger partial charge in [0.05, 0.1) is 51.8 Å². The number of ether oxygens (including phenoxy) is 8. The maximum Gasteiger partial charge on any atom is 0.184 e. The van der Waals surface area contributed by atoms with E-state index in [1.54, 1.807) is 0 Å². The molecule has 2 aliphatic rings. The first kappa shape index (κ1) is 40.0. The van der Waals surface area contributed by atoms with Gasteiger partial charge in [-0.1, -0.05) is 152 Å². The van der Waals surface area contributed by atoms with Crippen molar-refractivity contribution in [3.05, 3.63) is 179 Å². The predicted octanol–water partition coefficient (Wildman–Crippen LogP) is 7.78. The summed E-state index contributed by atoms with van der Waals surface area (Å²) in [5.41, 5.74) is 5.09. The largest absolute Gasteiger partial charge is 0.371 e. The fraction of sp³-hybridized carbons (Fsp3) is 0.362. The average molecular weight is 761 g/mol. The normalized spacial score (nSPS) is 26.5. The lowest BCUT2D eigenvalue weighted by Gasteiger charge is -2.45. The van der Waals surface area contributed by atoms with Gasteiger partial charge in [0, 0.05) is 6.42 Å². The zero-order valence-electron chi connectivity index (χ0n) is 31.8. The summed E-state index contributed by atoms with van der Waals surface area (Å²) in [6, 6.07) is 49.9. The molecule has 0 unspecified atom stereocenters. The smallest absolute Gasteiger partial charge is 0.184 e. The average Bonchev–Trinajstić information content (AvgIpc) is 3.24. The van der Waals surface area contributed by atoms with Crippen LogP contribution in [0.15, 0.2) is 152 Å². The zero-order chi connectivity index (χ0) is 38.4. The first-order valence-electron chi connectivity index (χ1n) is 19.5. The van der Waals surface area contributed by atoms with Crippen molar-refractivity contribution >= 4 is 0 Å². The van der Waals surface area contributed by atoms with Gasteiger partial charge in [0.1, 0.15) is 30.5 Å². The molecule has 0 amide bonds. The van der Waals surface area contributed by atoms with Gasteiger partial charge in [0.2, 0.25) is 0 Å². The van der Waals surface area contributed by atoms with E-state index in [0.717, 1.165) is 27.8 Å². The molecule has 2 saturated heterocycles. The van der Waals surface area contributed by atoms with Crippen LogP contribution in [0.5, 0.6) is 0 Å². The molecule has 9 atom stereocenters. The van der Waals surface area contributed by atoms with Gasteiger partial charge in [-0.25, -0.2) is 0 Å². The van der Waals surface area contributed by atoms with Crippen LogP contribution in [0.1, 0.15) is 41.2 Å². The van der Waals surface area contributed by atoms with E-state index in [1.165, 1.54) is 0 Å². The van der Waals surface area contributed by atoms with Gasteiger partial charge < -0.3 is 43.0 Å². The number of rotatable bonds is 18. The summed E-state index contributed by atoms with van der Waals surface area (Å²) in [6.45, 7) is 3.75. The molecule has 0 aliphatic carbocycles. The summed E-state index contributed by atoms with van der Waals surface area (Å²) in [5.74, 6) is 0. The van der Waals surface area contributed by atoms with E-state index in [9.17, 15) is 5.11 Å². The van der Waals surface area contributed by atoms with Crippen LogP contribution in [0.4, 0.5) is 0 Å². The Balaban J connectivity index is 1.08. The molecule has 7 rings (SSSR count). The highest BCUT2D eigenvalue weighted by molar-refractivity contribution is 5.17. The second kappa shape index (κ2) is 20.8. The molecule has 5 aromatic rings. The summed E-state index contributed by atoms with van der Waals surface area (Å²) in [5, 5.41) is 11.6. The second-order valence-electron chi connectivity index (χ2n) is 14.3. The lowest BCUT2D eigenvalue weighted by atomic mass is 9.97. The van der Waals surface area contributed by atoms with Gasteiger partial charge in [0.25, 0.3) is 0 Å². The van der Waals surface area contributed by atoms with E-state index in [-0.39, 0.29) is 38.1 Å². The molecule has 9 nitrogen and oxygen atoms in total. The Labute approximate surface area is 330 Å². The third-order valence-corrected chi connectivity index (χ3v) is 10.1. The molecular weight excluding hydrogens is 709 g/mol. The van der Waals surface area contributed by atoms with E-state index in [1.807, 2.05) is 159 Å². The fourth-order valence-corrected chi connectivity index (χ4v) is 7.16. The third kappa shape index (κ3) is 11.4. The highest BCUT2D eigenvalue weighted by Crippen LogP contribution is 2.32. The van der Waals surface area contributed by atoms with Crippen molar-refractivity contribution in [3.63, 3.8) is 0 Å². The van der Waals surface area contributed by atoms with E-state index >= 15 is 0 Å². The van der Waals surface area contributed by atoms with Crippen LogP contribution in [-0.2, 0) is 70.9 Å². The van der Waals surface area contributed by atoms with Crippen LogP contribution < -0.4 is 0 Å². The molecule has 2 aliphatic heterocycles. The third-order valence-electron chi connectivity index (χ3n) is 10.1. The Morgan fingerprint density at radius 3 is 1.27 bits per heavy atom. The number of aliphatic hydroxyl groups is 1. The first-order chi connectivity index (χ1) is 27.6. The first-order valence-corrected chi connectivity index (χ1v) is 19.5. The fourth-order valence-electron chi connectivity index (χ4n) is 7.16. The highest BCUT2D eigenvalue weighted by atomic mass is 16.7. The zero-order valence-corrected chi connectivity index (χ0v) is 31.8. The second-order valence-corrected chi connectivity index (χ2v) is 14.3. The number of benzene rings is 5. The lowest BCUT2D eigenvalue weighted by Crippen LogP contribution is -2.61. The number of hydrogen-bond donors (Lipinski definition) is 1. The summed E-state index contributed by atoms with van der Waals surface area (Å²) in [6.07, 6.45) is -5.43.